The molecule has 3 rings (SSSR count). The Hall–Kier alpha value is -3.32. The first-order chi connectivity index (χ1) is 13.8. The summed E-state index contributed by atoms with van der Waals surface area (Å²) in [5.74, 6) is 0.145. The Balaban J connectivity index is 1.73. The van der Waals surface area contributed by atoms with Gasteiger partial charge >= 0.3 is 0 Å². The Bertz CT molecular complexity index is 1050. The van der Waals surface area contributed by atoms with Crippen LogP contribution in [-0.4, -0.2) is 45.3 Å². The van der Waals surface area contributed by atoms with Gasteiger partial charge in [0.2, 0.25) is 5.91 Å². The van der Waals surface area contributed by atoms with Crippen LogP contribution in [0.4, 0.5) is 5.82 Å². The molecule has 2 amide bonds. The van der Waals surface area contributed by atoms with Gasteiger partial charge in [-0.15, -0.1) is 0 Å². The molecule has 1 N–H and O–H groups in total. The topological polar surface area (TPSA) is 88.1 Å². The summed E-state index contributed by atoms with van der Waals surface area (Å²) in [4.78, 5) is 39.2. The number of likely N-dealkylation sites (N-methyl/N-ethyl adjacent to an activating group) is 1. The zero-order valence-corrected chi connectivity index (χ0v) is 17.1. The van der Waals surface area contributed by atoms with Gasteiger partial charge in [-0.25, -0.2) is 15.0 Å². The largest absolute Gasteiger partial charge is 0.331 e. The molecule has 1 aromatic carbocycles. The van der Waals surface area contributed by atoms with Gasteiger partial charge in [-0.1, -0.05) is 11.6 Å². The lowest BCUT2D eigenvalue weighted by atomic mass is 10.2. The molecule has 0 radical (unpaired) electrons. The number of nitrogens with zero attached hydrogens (tertiary/aromatic N) is 4. The molecular weight excluding hydrogens is 390 g/mol. The minimum atomic E-state index is -0.377. The Morgan fingerprint density at radius 1 is 1.07 bits per heavy atom. The predicted molar refractivity (Wildman–Crippen MR) is 112 cm³/mol. The van der Waals surface area contributed by atoms with Crippen LogP contribution in [-0.2, 0) is 4.79 Å². The molecule has 8 heteroatoms. The van der Waals surface area contributed by atoms with Gasteiger partial charge in [0.15, 0.2) is 5.82 Å². The van der Waals surface area contributed by atoms with E-state index in [0.717, 1.165) is 11.1 Å². The maximum Gasteiger partial charge on any atom is 0.272 e. The molecule has 0 aliphatic rings. The highest BCUT2D eigenvalue weighted by Crippen LogP contribution is 2.19. The van der Waals surface area contributed by atoms with Gasteiger partial charge in [-0.3, -0.25) is 9.59 Å². The van der Waals surface area contributed by atoms with Gasteiger partial charge in [0.05, 0.1) is 6.54 Å². The van der Waals surface area contributed by atoms with Crippen LogP contribution in [0.3, 0.4) is 0 Å². The predicted octanol–water partition coefficient (Wildman–Crippen LogP) is 3.52. The van der Waals surface area contributed by atoms with Crippen LogP contribution in [0.25, 0.3) is 11.4 Å². The zero-order valence-electron chi connectivity index (χ0n) is 16.3. The van der Waals surface area contributed by atoms with Crippen molar-refractivity contribution in [1.82, 2.24) is 19.9 Å². The Kier molecular flexibility index (Phi) is 6.19. The molecule has 0 spiro atoms. The summed E-state index contributed by atoms with van der Waals surface area (Å²) in [7, 11) is 1.55. The quantitative estimate of drug-likeness (QED) is 0.696. The summed E-state index contributed by atoms with van der Waals surface area (Å²) in [6, 6.07) is 12.2. The summed E-state index contributed by atoms with van der Waals surface area (Å²) < 4.78 is 0. The van der Waals surface area contributed by atoms with Crippen molar-refractivity contribution in [3.8, 4) is 11.4 Å². The zero-order chi connectivity index (χ0) is 21.0. The van der Waals surface area contributed by atoms with Crippen molar-refractivity contribution < 1.29 is 9.59 Å². The number of carbonyl (C=O) groups is 2. The van der Waals surface area contributed by atoms with E-state index in [1.807, 2.05) is 13.0 Å². The number of aromatic nitrogens is 3. The van der Waals surface area contributed by atoms with E-state index in [1.54, 1.807) is 56.6 Å². The molecule has 7 nitrogen and oxygen atoms in total. The maximum atomic E-state index is 12.8. The molecule has 0 fully saturated rings. The summed E-state index contributed by atoms with van der Waals surface area (Å²) >= 11 is 5.92. The van der Waals surface area contributed by atoms with Crippen LogP contribution in [0.15, 0.2) is 48.7 Å². The summed E-state index contributed by atoms with van der Waals surface area (Å²) in [6.07, 6.45) is 1.61. The Labute approximate surface area is 173 Å². The van der Waals surface area contributed by atoms with Crippen molar-refractivity contribution in [1.29, 1.82) is 0 Å². The Morgan fingerprint density at radius 3 is 2.48 bits per heavy atom. The lowest BCUT2D eigenvalue weighted by Crippen LogP contribution is -2.35. The number of anilines is 1. The smallest absolute Gasteiger partial charge is 0.272 e. The number of aryl methyl sites for hydroxylation is 2. The average Bonchev–Trinajstić information content (AvgIpc) is 2.67. The second-order valence-corrected chi connectivity index (χ2v) is 7.09. The van der Waals surface area contributed by atoms with Crippen molar-refractivity contribution in [2.24, 2.45) is 0 Å². The van der Waals surface area contributed by atoms with E-state index in [9.17, 15) is 9.59 Å². The molecule has 0 saturated carbocycles. The number of pyridine rings is 1. The lowest BCUT2D eigenvalue weighted by Gasteiger charge is -2.17. The Morgan fingerprint density at radius 2 is 1.79 bits per heavy atom. The molecule has 3 aromatic rings. The van der Waals surface area contributed by atoms with E-state index in [-0.39, 0.29) is 24.1 Å². The van der Waals surface area contributed by atoms with E-state index in [2.05, 4.69) is 20.3 Å². The highest BCUT2D eigenvalue weighted by Gasteiger charge is 2.18. The van der Waals surface area contributed by atoms with E-state index in [4.69, 9.17) is 11.6 Å². The molecule has 0 saturated heterocycles. The fourth-order valence-electron chi connectivity index (χ4n) is 2.68. The van der Waals surface area contributed by atoms with Crippen molar-refractivity contribution in [2.75, 3.05) is 18.9 Å². The molecule has 0 unspecified atom stereocenters. The standard InChI is InChI=1S/C21H20ClN5O2/c1-13-8-9-23-18(10-13)26-19(28)12-27(3)21(29)17-11-14(2)24-20(25-17)15-4-6-16(22)7-5-15/h4-11H,12H2,1-3H3,(H,23,26,28). The van der Waals surface area contributed by atoms with E-state index >= 15 is 0 Å². The van der Waals surface area contributed by atoms with Gasteiger partial charge in [-0.2, -0.15) is 0 Å². The van der Waals surface area contributed by atoms with Crippen LogP contribution >= 0.6 is 11.6 Å². The molecule has 29 heavy (non-hydrogen) atoms. The second kappa shape index (κ2) is 8.79. The summed E-state index contributed by atoms with van der Waals surface area (Å²) in [5, 5.41) is 3.29. The highest BCUT2D eigenvalue weighted by molar-refractivity contribution is 6.30. The van der Waals surface area contributed by atoms with Gasteiger partial charge < -0.3 is 10.2 Å². The number of benzene rings is 1. The van der Waals surface area contributed by atoms with Gasteiger partial charge in [0.1, 0.15) is 11.5 Å². The van der Waals surface area contributed by atoms with Crippen molar-refractivity contribution in [3.05, 3.63) is 70.6 Å². The van der Waals surface area contributed by atoms with E-state index in [1.165, 1.54) is 4.90 Å². The third kappa shape index (κ3) is 5.36. The first-order valence-corrected chi connectivity index (χ1v) is 9.29. The molecule has 148 valence electrons. The first-order valence-electron chi connectivity index (χ1n) is 8.91. The minimum absolute atomic E-state index is 0.131. The normalized spacial score (nSPS) is 10.5. The van der Waals surface area contributed by atoms with Crippen LogP contribution < -0.4 is 5.32 Å². The molecule has 0 aliphatic carbocycles. The number of halogens is 1. The number of hydrogen-bond acceptors (Lipinski definition) is 5. The number of rotatable bonds is 5. The molecule has 0 aliphatic heterocycles. The van der Waals surface area contributed by atoms with Gasteiger partial charge in [0, 0.05) is 29.5 Å². The van der Waals surface area contributed by atoms with Crippen molar-refractivity contribution in [3.63, 3.8) is 0 Å². The molecule has 0 atom stereocenters. The second-order valence-electron chi connectivity index (χ2n) is 6.65. The van der Waals surface area contributed by atoms with Crippen molar-refractivity contribution >= 4 is 29.2 Å². The first kappa shape index (κ1) is 20.4. The average molecular weight is 410 g/mol. The van der Waals surface area contributed by atoms with Gasteiger partial charge in [0.25, 0.3) is 5.91 Å². The SMILES string of the molecule is Cc1ccnc(NC(=O)CN(C)C(=O)c2cc(C)nc(-c3ccc(Cl)cc3)n2)c1. The molecular formula is C21H20ClN5O2. The number of hydrogen-bond donors (Lipinski definition) is 1. The number of nitrogens with one attached hydrogen (secondary N) is 1. The molecule has 2 aromatic heterocycles. The number of amides is 2. The van der Waals surface area contributed by atoms with E-state index in [0.29, 0.717) is 22.4 Å². The van der Waals surface area contributed by atoms with Crippen LogP contribution in [0.2, 0.25) is 5.02 Å². The minimum Gasteiger partial charge on any atom is -0.331 e. The van der Waals surface area contributed by atoms with Crippen molar-refractivity contribution in [2.45, 2.75) is 13.8 Å². The highest BCUT2D eigenvalue weighted by atomic mass is 35.5. The fraction of sp³-hybridized carbons (Fsp3) is 0.190. The van der Waals surface area contributed by atoms with Crippen LogP contribution in [0.1, 0.15) is 21.7 Å². The monoisotopic (exact) mass is 409 g/mol. The fourth-order valence-corrected chi connectivity index (χ4v) is 2.80. The summed E-state index contributed by atoms with van der Waals surface area (Å²) in [6.45, 7) is 3.56. The third-order valence-corrected chi connectivity index (χ3v) is 4.34. The molecule has 2 heterocycles. The van der Waals surface area contributed by atoms with Crippen LogP contribution in [0.5, 0.6) is 0 Å². The third-order valence-electron chi connectivity index (χ3n) is 4.09. The van der Waals surface area contributed by atoms with Gasteiger partial charge in [-0.05, 0) is 61.9 Å². The summed E-state index contributed by atoms with van der Waals surface area (Å²) in [5.41, 5.74) is 2.59. The number of carbonyl (C=O) groups excluding carboxylic acids is 2. The lowest BCUT2D eigenvalue weighted by molar-refractivity contribution is -0.116. The van der Waals surface area contributed by atoms with E-state index < -0.39 is 0 Å². The molecule has 0 bridgehead atoms. The van der Waals surface area contributed by atoms with Crippen LogP contribution in [0, 0.1) is 13.8 Å². The maximum absolute atomic E-state index is 12.8.